The first-order chi connectivity index (χ1) is 15.1. The fraction of sp³-hybridized carbons (Fsp3) is 0.897. The van der Waals surface area contributed by atoms with Gasteiger partial charge in [0.25, 0.3) is 5.82 Å². The van der Waals surface area contributed by atoms with Crippen molar-refractivity contribution in [3.63, 3.8) is 0 Å². The number of hydrogen-bond acceptors (Lipinski definition) is 0. The number of aryl methyl sites for hydroxylation is 1. The maximum absolute atomic E-state index is 3.52. The van der Waals surface area contributed by atoms with Gasteiger partial charge in [-0.05, 0) is 32.1 Å². The maximum atomic E-state index is 3.52. The summed E-state index contributed by atoms with van der Waals surface area (Å²) in [4.78, 5) is 3.52. The Hall–Kier alpha value is -0.790. The number of nitrogens with zero attached hydrogens (tertiary/aromatic N) is 1. The largest absolute Gasteiger partial charge is 0.254 e. The molecule has 0 aliphatic heterocycles. The Labute approximate surface area is 196 Å². The molecule has 31 heavy (non-hydrogen) atoms. The molecule has 1 aromatic rings. The SMILES string of the molecule is CCCCCCCCCCC(C)[n+]1cc[nH]c1CCCCCCCCCCCC(C)C. The lowest BCUT2D eigenvalue weighted by Crippen LogP contribution is -2.39. The molecule has 0 fully saturated rings. The molecule has 0 aliphatic carbocycles. The number of aromatic amines is 1. The van der Waals surface area contributed by atoms with Crippen LogP contribution in [0.2, 0.25) is 0 Å². The predicted molar refractivity (Wildman–Crippen MR) is 138 cm³/mol. The normalized spacial score (nSPS) is 12.7. The van der Waals surface area contributed by atoms with Crippen LogP contribution in [0.15, 0.2) is 12.4 Å². The molecule has 182 valence electrons. The van der Waals surface area contributed by atoms with Crippen LogP contribution in [0.25, 0.3) is 0 Å². The van der Waals surface area contributed by atoms with E-state index >= 15 is 0 Å². The molecule has 1 aromatic heterocycles. The molecule has 0 radical (unpaired) electrons. The molecule has 1 rings (SSSR count). The zero-order valence-electron chi connectivity index (χ0n) is 21.9. The fourth-order valence-corrected chi connectivity index (χ4v) is 4.79. The Bertz CT molecular complexity index is 491. The second-order valence-corrected chi connectivity index (χ2v) is 10.5. The first kappa shape index (κ1) is 28.2. The van der Waals surface area contributed by atoms with E-state index in [0.29, 0.717) is 6.04 Å². The van der Waals surface area contributed by atoms with E-state index in [1.807, 2.05) is 0 Å². The zero-order chi connectivity index (χ0) is 22.6. The summed E-state index contributed by atoms with van der Waals surface area (Å²) in [7, 11) is 0. The quantitative estimate of drug-likeness (QED) is 0.139. The van der Waals surface area contributed by atoms with Gasteiger partial charge in [0.1, 0.15) is 12.4 Å². The molecule has 1 heterocycles. The molecule has 1 unspecified atom stereocenters. The minimum Gasteiger partial charge on any atom is -0.248 e. The summed E-state index contributed by atoms with van der Waals surface area (Å²) in [6, 6.07) is 0.636. The smallest absolute Gasteiger partial charge is 0.248 e. The molecule has 1 atom stereocenters. The summed E-state index contributed by atoms with van der Waals surface area (Å²) < 4.78 is 2.51. The van der Waals surface area contributed by atoms with E-state index in [2.05, 4.69) is 49.6 Å². The van der Waals surface area contributed by atoms with Gasteiger partial charge in [-0.1, -0.05) is 124 Å². The second-order valence-electron chi connectivity index (χ2n) is 10.5. The monoisotopic (exact) mass is 433 g/mol. The molecular formula is C29H57N2+. The van der Waals surface area contributed by atoms with Gasteiger partial charge in [0.05, 0.1) is 6.04 Å². The van der Waals surface area contributed by atoms with E-state index in [0.717, 1.165) is 5.92 Å². The van der Waals surface area contributed by atoms with Crippen molar-refractivity contribution >= 4 is 0 Å². The molecule has 0 bridgehead atoms. The highest BCUT2D eigenvalue weighted by atomic mass is 15.1. The fourth-order valence-electron chi connectivity index (χ4n) is 4.79. The van der Waals surface area contributed by atoms with Crippen molar-refractivity contribution in [2.45, 2.75) is 162 Å². The zero-order valence-corrected chi connectivity index (χ0v) is 21.9. The highest BCUT2D eigenvalue weighted by Gasteiger charge is 2.16. The first-order valence-corrected chi connectivity index (χ1v) is 14.2. The third-order valence-electron chi connectivity index (χ3n) is 6.94. The third-order valence-corrected chi connectivity index (χ3v) is 6.94. The van der Waals surface area contributed by atoms with Gasteiger partial charge >= 0.3 is 0 Å². The molecule has 0 amide bonds. The summed E-state index contributed by atoms with van der Waals surface area (Å²) in [5.74, 6) is 2.32. The van der Waals surface area contributed by atoms with Gasteiger partial charge in [0, 0.05) is 6.42 Å². The Balaban J connectivity index is 2.02. The lowest BCUT2D eigenvalue weighted by molar-refractivity contribution is -0.726. The van der Waals surface area contributed by atoms with Crippen LogP contribution >= 0.6 is 0 Å². The average molecular weight is 434 g/mol. The standard InChI is InChI=1S/C29H56N2/c1-5-6-7-8-9-14-17-20-23-28(4)31-26-25-30-29(31)24-21-18-15-12-10-11-13-16-19-22-27(2)3/h25-28H,5-24H2,1-4H3/p+1. The Kier molecular flexibility index (Phi) is 18.1. The molecule has 0 aliphatic rings. The molecule has 2 heteroatoms. The molecular weight excluding hydrogens is 376 g/mol. The van der Waals surface area contributed by atoms with Crippen molar-refractivity contribution in [2.75, 3.05) is 0 Å². The van der Waals surface area contributed by atoms with E-state index in [9.17, 15) is 0 Å². The van der Waals surface area contributed by atoms with Gasteiger partial charge in [-0.2, -0.15) is 0 Å². The van der Waals surface area contributed by atoms with E-state index in [4.69, 9.17) is 0 Å². The van der Waals surface area contributed by atoms with Gasteiger partial charge in [-0.25, -0.2) is 9.55 Å². The van der Waals surface area contributed by atoms with Crippen LogP contribution in [0, 0.1) is 5.92 Å². The van der Waals surface area contributed by atoms with Crippen molar-refractivity contribution in [1.29, 1.82) is 0 Å². The van der Waals surface area contributed by atoms with Crippen LogP contribution in [-0.4, -0.2) is 4.98 Å². The number of hydrogen-bond donors (Lipinski definition) is 1. The maximum Gasteiger partial charge on any atom is 0.254 e. The van der Waals surface area contributed by atoms with E-state index < -0.39 is 0 Å². The first-order valence-electron chi connectivity index (χ1n) is 14.2. The lowest BCUT2D eigenvalue weighted by atomic mass is 10.0. The van der Waals surface area contributed by atoms with Crippen LogP contribution in [0.1, 0.15) is 162 Å². The third kappa shape index (κ3) is 15.6. The number of H-pyrrole nitrogens is 1. The van der Waals surface area contributed by atoms with Gasteiger partial charge < -0.3 is 0 Å². The average Bonchev–Trinajstić information content (AvgIpc) is 3.22. The highest BCUT2D eigenvalue weighted by molar-refractivity contribution is 4.78. The van der Waals surface area contributed by atoms with Crippen molar-refractivity contribution in [3.05, 3.63) is 18.2 Å². The predicted octanol–water partition coefficient (Wildman–Crippen LogP) is 9.49. The van der Waals surface area contributed by atoms with Crippen molar-refractivity contribution in [3.8, 4) is 0 Å². The van der Waals surface area contributed by atoms with Crippen LogP contribution in [0.5, 0.6) is 0 Å². The molecule has 1 N–H and O–H groups in total. The van der Waals surface area contributed by atoms with E-state index in [1.54, 1.807) is 0 Å². The van der Waals surface area contributed by atoms with Gasteiger partial charge in [0.2, 0.25) is 0 Å². The number of imidazole rings is 1. The highest BCUT2D eigenvalue weighted by Crippen LogP contribution is 2.15. The second kappa shape index (κ2) is 19.9. The van der Waals surface area contributed by atoms with Crippen LogP contribution < -0.4 is 4.57 Å². The number of unbranched alkanes of at least 4 members (excludes halogenated alkanes) is 15. The summed E-state index contributed by atoms with van der Waals surface area (Å²) in [6.07, 6.45) is 32.5. The molecule has 0 saturated carbocycles. The summed E-state index contributed by atoms with van der Waals surface area (Å²) in [5.41, 5.74) is 0. The van der Waals surface area contributed by atoms with Crippen LogP contribution in [0.4, 0.5) is 0 Å². The number of aromatic nitrogens is 2. The summed E-state index contributed by atoms with van der Waals surface area (Å²) in [5, 5.41) is 0. The van der Waals surface area contributed by atoms with Crippen LogP contribution in [0.3, 0.4) is 0 Å². The van der Waals surface area contributed by atoms with E-state index in [-0.39, 0.29) is 0 Å². The topological polar surface area (TPSA) is 19.7 Å². The van der Waals surface area contributed by atoms with Crippen molar-refractivity contribution < 1.29 is 4.57 Å². The summed E-state index contributed by atoms with van der Waals surface area (Å²) in [6.45, 7) is 9.38. The van der Waals surface area contributed by atoms with Gasteiger partial charge in [-0.3, -0.25) is 0 Å². The molecule has 0 aromatic carbocycles. The van der Waals surface area contributed by atoms with E-state index in [1.165, 1.54) is 134 Å². The number of rotatable bonds is 22. The Morgan fingerprint density at radius 2 is 1.13 bits per heavy atom. The van der Waals surface area contributed by atoms with Crippen molar-refractivity contribution in [1.82, 2.24) is 4.98 Å². The minimum atomic E-state index is 0.636. The van der Waals surface area contributed by atoms with Crippen LogP contribution in [-0.2, 0) is 6.42 Å². The van der Waals surface area contributed by atoms with Gasteiger partial charge in [-0.15, -0.1) is 0 Å². The lowest BCUT2D eigenvalue weighted by Gasteiger charge is -2.10. The van der Waals surface area contributed by atoms with Crippen molar-refractivity contribution in [2.24, 2.45) is 5.92 Å². The van der Waals surface area contributed by atoms with Gasteiger partial charge in [0.15, 0.2) is 0 Å². The molecule has 2 nitrogen and oxygen atoms in total. The Morgan fingerprint density at radius 1 is 0.645 bits per heavy atom. The minimum absolute atomic E-state index is 0.636. The summed E-state index contributed by atoms with van der Waals surface area (Å²) >= 11 is 0. The molecule has 0 spiro atoms. The molecule has 0 saturated heterocycles. The Morgan fingerprint density at radius 3 is 1.68 bits per heavy atom. The number of nitrogens with one attached hydrogen (secondary N) is 1.